The number of carbonyl (C=O) groups excluding carboxylic acids is 2. The molecule has 0 spiro atoms. The van der Waals surface area contributed by atoms with E-state index in [1.165, 1.54) is 11.3 Å². The van der Waals surface area contributed by atoms with Crippen LogP contribution in [0.1, 0.15) is 20.8 Å². The molecule has 0 bridgehead atoms. The summed E-state index contributed by atoms with van der Waals surface area (Å²) in [6.45, 7) is 0.429. The number of H-pyrrole nitrogens is 1. The highest BCUT2D eigenvalue weighted by Crippen LogP contribution is 2.29. The topological polar surface area (TPSA) is 83.2 Å². The molecular formula is C16H13BrClN3O3S. The van der Waals surface area contributed by atoms with Gasteiger partial charge in [-0.05, 0) is 24.3 Å². The monoisotopic (exact) mass is 441 g/mol. The van der Waals surface area contributed by atoms with Crippen LogP contribution in [0.25, 0.3) is 10.2 Å². The van der Waals surface area contributed by atoms with Crippen LogP contribution in [0, 0.1) is 0 Å². The molecule has 1 aromatic carbocycles. The highest BCUT2D eigenvalue weighted by molar-refractivity contribution is 9.09. The summed E-state index contributed by atoms with van der Waals surface area (Å²) in [7, 11) is 0. The third-order valence-corrected chi connectivity index (χ3v) is 4.80. The quantitative estimate of drug-likeness (QED) is 0.416. The summed E-state index contributed by atoms with van der Waals surface area (Å²) in [5.41, 5.74) is 5.44. The Bertz CT molecular complexity index is 893. The van der Waals surface area contributed by atoms with Crippen molar-refractivity contribution in [2.75, 3.05) is 11.9 Å². The minimum absolute atomic E-state index is 0.335. The number of thiophene rings is 1. The lowest BCUT2D eigenvalue weighted by molar-refractivity contribution is 0.0842. The average Bonchev–Trinajstić information content (AvgIpc) is 3.15. The van der Waals surface area contributed by atoms with Gasteiger partial charge in [-0.25, -0.2) is 0 Å². The molecule has 0 saturated carbocycles. The zero-order valence-corrected chi connectivity index (χ0v) is 15.9. The SMILES string of the molecule is O=C(NNC(=O)c1ccccc1OCCBr)c1cc2cc(Cl)sc2[nH]1. The molecule has 0 atom stereocenters. The molecule has 6 nitrogen and oxygen atoms in total. The summed E-state index contributed by atoms with van der Waals surface area (Å²) >= 11 is 10.5. The van der Waals surface area contributed by atoms with Crippen molar-refractivity contribution in [3.8, 4) is 5.75 Å². The van der Waals surface area contributed by atoms with Crippen LogP contribution in [0.3, 0.4) is 0 Å². The Morgan fingerprint density at radius 1 is 1.20 bits per heavy atom. The van der Waals surface area contributed by atoms with Crippen LogP contribution >= 0.6 is 38.9 Å². The molecule has 0 aliphatic heterocycles. The number of alkyl halides is 1. The van der Waals surface area contributed by atoms with Gasteiger partial charge in [-0.15, -0.1) is 11.3 Å². The third kappa shape index (κ3) is 4.15. The first-order valence-corrected chi connectivity index (χ1v) is 9.56. The van der Waals surface area contributed by atoms with Crippen LogP contribution in [0.4, 0.5) is 0 Å². The Balaban J connectivity index is 1.65. The Morgan fingerprint density at radius 3 is 2.72 bits per heavy atom. The van der Waals surface area contributed by atoms with E-state index in [0.29, 0.717) is 33.3 Å². The predicted molar refractivity (Wildman–Crippen MR) is 102 cm³/mol. The zero-order valence-electron chi connectivity index (χ0n) is 12.8. The van der Waals surface area contributed by atoms with Gasteiger partial charge in [0.25, 0.3) is 11.8 Å². The van der Waals surface area contributed by atoms with Gasteiger partial charge >= 0.3 is 0 Å². The molecule has 2 amide bonds. The lowest BCUT2D eigenvalue weighted by Crippen LogP contribution is -2.41. The van der Waals surface area contributed by atoms with Gasteiger partial charge in [0.15, 0.2) is 0 Å². The third-order valence-electron chi connectivity index (χ3n) is 3.28. The molecule has 0 fully saturated rings. The number of ether oxygens (including phenoxy) is 1. The number of nitrogens with one attached hydrogen (secondary N) is 3. The molecule has 0 saturated heterocycles. The maximum Gasteiger partial charge on any atom is 0.286 e. The van der Waals surface area contributed by atoms with Crippen molar-refractivity contribution in [3.05, 3.63) is 52.0 Å². The second kappa shape index (κ2) is 7.90. The standard InChI is InChI=1S/C16H13BrClN3O3S/c17-5-6-24-12-4-2-1-3-10(12)14(22)20-21-15(23)11-7-9-8-13(18)25-16(9)19-11/h1-4,7-8,19H,5-6H2,(H,20,22)(H,21,23). The average molecular weight is 443 g/mol. The molecule has 3 aromatic rings. The van der Waals surface area contributed by atoms with Crippen LogP contribution < -0.4 is 15.6 Å². The maximum atomic E-state index is 12.3. The van der Waals surface area contributed by atoms with Gasteiger partial charge in [0.2, 0.25) is 0 Å². The summed E-state index contributed by atoms with van der Waals surface area (Å²) in [6.07, 6.45) is 0. The summed E-state index contributed by atoms with van der Waals surface area (Å²) in [5.74, 6) is -0.467. The van der Waals surface area contributed by atoms with Gasteiger partial charge in [0, 0.05) is 10.7 Å². The van der Waals surface area contributed by atoms with Crippen molar-refractivity contribution in [3.63, 3.8) is 0 Å². The number of fused-ring (bicyclic) bond motifs is 1. The van der Waals surface area contributed by atoms with Crippen molar-refractivity contribution < 1.29 is 14.3 Å². The van der Waals surface area contributed by atoms with Crippen molar-refractivity contribution in [1.29, 1.82) is 0 Å². The van der Waals surface area contributed by atoms with Crippen LogP contribution in [-0.4, -0.2) is 28.7 Å². The second-order valence-electron chi connectivity index (χ2n) is 4.96. The molecule has 0 aliphatic carbocycles. The number of amides is 2. The molecule has 3 N–H and O–H groups in total. The Labute approximate surface area is 160 Å². The molecule has 0 unspecified atom stereocenters. The van der Waals surface area contributed by atoms with Gasteiger partial charge in [-0.1, -0.05) is 39.7 Å². The Kier molecular flexibility index (Phi) is 5.62. The number of carbonyl (C=O) groups is 2. The number of hydrogen-bond acceptors (Lipinski definition) is 4. The summed E-state index contributed by atoms with van der Waals surface area (Å²) in [5, 5.41) is 1.49. The van der Waals surface area contributed by atoms with E-state index in [-0.39, 0.29) is 0 Å². The number of hydrogen-bond donors (Lipinski definition) is 3. The van der Waals surface area contributed by atoms with E-state index in [2.05, 4.69) is 31.8 Å². The number of aromatic nitrogens is 1. The van der Waals surface area contributed by atoms with Gasteiger partial charge in [0.05, 0.1) is 16.5 Å². The Hall–Kier alpha value is -2.03. The number of benzene rings is 1. The molecule has 0 aliphatic rings. The van der Waals surface area contributed by atoms with E-state index in [9.17, 15) is 9.59 Å². The highest BCUT2D eigenvalue weighted by Gasteiger charge is 2.15. The van der Waals surface area contributed by atoms with Gasteiger partial charge in [-0.2, -0.15) is 0 Å². The van der Waals surface area contributed by atoms with Crippen molar-refractivity contribution >= 4 is 60.9 Å². The van der Waals surface area contributed by atoms with E-state index in [0.717, 1.165) is 10.2 Å². The van der Waals surface area contributed by atoms with Gasteiger partial charge in [0.1, 0.15) is 16.3 Å². The van der Waals surface area contributed by atoms with Gasteiger partial charge in [-0.3, -0.25) is 20.4 Å². The number of aromatic amines is 1. The molecule has 2 heterocycles. The largest absolute Gasteiger partial charge is 0.492 e. The number of rotatable bonds is 5. The van der Waals surface area contributed by atoms with Crippen LogP contribution in [0.15, 0.2) is 36.4 Å². The van der Waals surface area contributed by atoms with E-state index >= 15 is 0 Å². The molecule has 2 aromatic heterocycles. The van der Waals surface area contributed by atoms with Crippen molar-refractivity contribution in [2.24, 2.45) is 0 Å². The van der Waals surface area contributed by atoms with E-state index in [1.807, 2.05) is 0 Å². The number of hydrazine groups is 1. The molecule has 3 rings (SSSR count). The second-order valence-corrected chi connectivity index (χ2v) is 7.44. The lowest BCUT2D eigenvalue weighted by Gasteiger charge is -2.11. The smallest absolute Gasteiger partial charge is 0.286 e. The molecular weight excluding hydrogens is 430 g/mol. The highest BCUT2D eigenvalue weighted by atomic mass is 79.9. The number of halogens is 2. The Morgan fingerprint density at radius 2 is 1.96 bits per heavy atom. The van der Waals surface area contributed by atoms with Crippen LogP contribution in [0.2, 0.25) is 4.34 Å². The minimum Gasteiger partial charge on any atom is -0.492 e. The van der Waals surface area contributed by atoms with Crippen molar-refractivity contribution in [1.82, 2.24) is 15.8 Å². The predicted octanol–water partition coefficient (Wildman–Crippen LogP) is 3.73. The summed E-state index contributed by atoms with van der Waals surface area (Å²) in [4.78, 5) is 28.2. The van der Waals surface area contributed by atoms with Crippen LogP contribution in [-0.2, 0) is 0 Å². The normalized spacial score (nSPS) is 10.6. The lowest BCUT2D eigenvalue weighted by atomic mass is 10.2. The molecule has 0 radical (unpaired) electrons. The van der Waals surface area contributed by atoms with E-state index in [1.54, 1.807) is 36.4 Å². The van der Waals surface area contributed by atoms with Crippen LogP contribution in [0.5, 0.6) is 5.75 Å². The first-order valence-electron chi connectivity index (χ1n) is 7.25. The fourth-order valence-corrected chi connectivity index (χ4v) is 3.48. The molecule has 25 heavy (non-hydrogen) atoms. The van der Waals surface area contributed by atoms with E-state index in [4.69, 9.17) is 16.3 Å². The first-order chi connectivity index (χ1) is 12.1. The number of para-hydroxylation sites is 1. The van der Waals surface area contributed by atoms with Gasteiger partial charge < -0.3 is 9.72 Å². The summed E-state index contributed by atoms with van der Waals surface area (Å²) < 4.78 is 6.14. The fourth-order valence-electron chi connectivity index (χ4n) is 2.19. The first kappa shape index (κ1) is 17.8. The molecule has 130 valence electrons. The van der Waals surface area contributed by atoms with E-state index < -0.39 is 11.8 Å². The summed E-state index contributed by atoms with van der Waals surface area (Å²) in [6, 6.07) is 10.3. The minimum atomic E-state index is -0.463. The maximum absolute atomic E-state index is 12.3. The molecule has 9 heteroatoms. The van der Waals surface area contributed by atoms with Crippen molar-refractivity contribution in [2.45, 2.75) is 0 Å². The fraction of sp³-hybridized carbons (Fsp3) is 0.125. The zero-order chi connectivity index (χ0) is 17.8.